The minimum Gasteiger partial charge on any atom is -0.354 e. The number of amides is 1. The number of carbonyl (C=O) groups is 1. The van der Waals surface area contributed by atoms with Crippen molar-refractivity contribution in [3.05, 3.63) is 21.6 Å². The summed E-state index contributed by atoms with van der Waals surface area (Å²) in [5, 5.41) is 13.5. The predicted molar refractivity (Wildman–Crippen MR) is 74.8 cm³/mol. The van der Waals surface area contributed by atoms with Gasteiger partial charge in [0.25, 0.3) is 0 Å². The fourth-order valence-electron chi connectivity index (χ4n) is 1.42. The van der Waals surface area contributed by atoms with Crippen molar-refractivity contribution in [3.63, 3.8) is 0 Å². The van der Waals surface area contributed by atoms with Gasteiger partial charge in [-0.05, 0) is 17.5 Å². The second kappa shape index (κ2) is 6.99. The second-order valence-electron chi connectivity index (χ2n) is 4.66. The lowest BCUT2D eigenvalue weighted by atomic mass is 10.2. The summed E-state index contributed by atoms with van der Waals surface area (Å²) in [4.78, 5) is 30.7. The van der Waals surface area contributed by atoms with Crippen molar-refractivity contribution in [1.82, 2.24) is 15.3 Å². The number of anilines is 1. The van der Waals surface area contributed by atoms with E-state index >= 15 is 0 Å². The largest absolute Gasteiger partial charge is 0.354 e. The molecule has 110 valence electrons. The minimum atomic E-state index is -0.617. The van der Waals surface area contributed by atoms with Crippen LogP contribution < -0.4 is 10.2 Å². The van der Waals surface area contributed by atoms with Gasteiger partial charge in [0.1, 0.15) is 6.20 Å². The van der Waals surface area contributed by atoms with Gasteiger partial charge in [-0.1, -0.05) is 13.8 Å². The lowest BCUT2D eigenvalue weighted by Gasteiger charge is -2.17. The summed E-state index contributed by atoms with van der Waals surface area (Å²) in [7, 11) is 1.53. The maximum atomic E-state index is 11.7. The molecule has 20 heavy (non-hydrogen) atoms. The average molecular weight is 302 g/mol. The van der Waals surface area contributed by atoms with Crippen molar-refractivity contribution in [1.29, 1.82) is 0 Å². The number of rotatable bonds is 6. The van der Waals surface area contributed by atoms with Gasteiger partial charge in [-0.3, -0.25) is 14.9 Å². The summed E-state index contributed by atoms with van der Waals surface area (Å²) in [5.41, 5.74) is -0.298. The fraction of sp³-hybridized carbons (Fsp3) is 0.545. The topological polar surface area (TPSA) is 101 Å². The average Bonchev–Trinajstić information content (AvgIpc) is 2.35. The molecule has 8 nitrogen and oxygen atoms in total. The summed E-state index contributed by atoms with van der Waals surface area (Å²) in [6.45, 7) is 4.43. The number of halogens is 1. The zero-order valence-corrected chi connectivity index (χ0v) is 12.2. The first-order valence-corrected chi connectivity index (χ1v) is 6.33. The maximum absolute atomic E-state index is 11.7. The van der Waals surface area contributed by atoms with Crippen molar-refractivity contribution in [3.8, 4) is 0 Å². The van der Waals surface area contributed by atoms with Gasteiger partial charge in [0.2, 0.25) is 17.0 Å². The third-order valence-electron chi connectivity index (χ3n) is 2.37. The van der Waals surface area contributed by atoms with Crippen LogP contribution >= 0.6 is 11.6 Å². The van der Waals surface area contributed by atoms with Crippen LogP contribution in [-0.2, 0) is 4.79 Å². The third-order valence-corrected chi connectivity index (χ3v) is 2.55. The molecule has 0 aliphatic heterocycles. The van der Waals surface area contributed by atoms with E-state index in [0.29, 0.717) is 12.5 Å². The molecule has 0 fully saturated rings. The van der Waals surface area contributed by atoms with E-state index in [1.807, 2.05) is 13.8 Å². The van der Waals surface area contributed by atoms with Crippen LogP contribution in [0.2, 0.25) is 5.28 Å². The Morgan fingerprint density at radius 1 is 1.60 bits per heavy atom. The molecular weight excluding hydrogens is 286 g/mol. The number of carbonyl (C=O) groups excluding carboxylic acids is 1. The molecule has 0 unspecified atom stereocenters. The molecule has 0 aliphatic carbocycles. The van der Waals surface area contributed by atoms with Crippen molar-refractivity contribution >= 4 is 29.0 Å². The SMILES string of the molecule is CC(C)CNC(=O)CN(C)c1nc(Cl)ncc1[N+](=O)[O-]. The van der Waals surface area contributed by atoms with Crippen molar-refractivity contribution < 1.29 is 9.72 Å². The molecule has 1 aromatic rings. The number of likely N-dealkylation sites (N-methyl/N-ethyl adjacent to an activating group) is 1. The molecule has 1 aromatic heterocycles. The van der Waals surface area contributed by atoms with E-state index in [-0.39, 0.29) is 29.2 Å². The van der Waals surface area contributed by atoms with Gasteiger partial charge in [-0.2, -0.15) is 4.98 Å². The molecular formula is C11H16ClN5O3. The van der Waals surface area contributed by atoms with Gasteiger partial charge in [0.15, 0.2) is 0 Å². The van der Waals surface area contributed by atoms with E-state index in [1.54, 1.807) is 0 Å². The van der Waals surface area contributed by atoms with Crippen molar-refractivity contribution in [2.75, 3.05) is 25.0 Å². The Morgan fingerprint density at radius 2 is 2.25 bits per heavy atom. The quantitative estimate of drug-likeness (QED) is 0.482. The first-order chi connectivity index (χ1) is 9.31. The summed E-state index contributed by atoms with van der Waals surface area (Å²) in [6.07, 6.45) is 1.02. The Morgan fingerprint density at radius 3 is 2.80 bits per heavy atom. The minimum absolute atomic E-state index is 0.00898. The van der Waals surface area contributed by atoms with Crippen LogP contribution in [0.5, 0.6) is 0 Å². The van der Waals surface area contributed by atoms with Gasteiger partial charge < -0.3 is 10.2 Å². The normalized spacial score (nSPS) is 10.4. The molecule has 9 heteroatoms. The Hall–Kier alpha value is -1.96. The number of nitrogens with zero attached hydrogens (tertiary/aromatic N) is 4. The maximum Gasteiger partial charge on any atom is 0.329 e. The van der Waals surface area contributed by atoms with E-state index in [4.69, 9.17) is 11.6 Å². The van der Waals surface area contributed by atoms with E-state index in [9.17, 15) is 14.9 Å². The number of aromatic nitrogens is 2. The fourth-order valence-corrected chi connectivity index (χ4v) is 1.55. The van der Waals surface area contributed by atoms with Gasteiger partial charge in [0.05, 0.1) is 11.5 Å². The summed E-state index contributed by atoms with van der Waals surface area (Å²) >= 11 is 5.63. The first-order valence-electron chi connectivity index (χ1n) is 5.96. The molecule has 0 atom stereocenters. The third kappa shape index (κ3) is 4.61. The van der Waals surface area contributed by atoms with E-state index < -0.39 is 4.92 Å². The molecule has 0 saturated carbocycles. The van der Waals surface area contributed by atoms with Crippen LogP contribution in [0.4, 0.5) is 11.5 Å². The molecule has 0 radical (unpaired) electrons. The van der Waals surface area contributed by atoms with Gasteiger partial charge in [-0.25, -0.2) is 4.98 Å². The molecule has 0 spiro atoms. The van der Waals surface area contributed by atoms with E-state index in [2.05, 4.69) is 15.3 Å². The predicted octanol–water partition coefficient (Wildman–Crippen LogP) is 1.25. The molecule has 1 amide bonds. The van der Waals surface area contributed by atoms with Crippen LogP contribution in [0, 0.1) is 16.0 Å². The molecule has 0 bridgehead atoms. The Balaban J connectivity index is 2.81. The molecule has 0 aliphatic rings. The smallest absolute Gasteiger partial charge is 0.329 e. The van der Waals surface area contributed by atoms with Crippen LogP contribution in [0.1, 0.15) is 13.8 Å². The standard InChI is InChI=1S/C11H16ClN5O3/c1-7(2)4-13-9(18)6-16(3)10-8(17(19)20)5-14-11(12)15-10/h5,7H,4,6H2,1-3H3,(H,13,18). The highest BCUT2D eigenvalue weighted by molar-refractivity contribution is 6.28. The Bertz CT molecular complexity index is 509. The number of hydrogen-bond acceptors (Lipinski definition) is 6. The molecule has 0 aromatic carbocycles. The Labute approximate surface area is 121 Å². The summed E-state index contributed by atoms with van der Waals surface area (Å²) in [5.74, 6) is 0.0898. The van der Waals surface area contributed by atoms with Crippen LogP contribution in [-0.4, -0.2) is 40.9 Å². The monoisotopic (exact) mass is 301 g/mol. The lowest BCUT2D eigenvalue weighted by molar-refractivity contribution is -0.384. The highest BCUT2D eigenvalue weighted by Crippen LogP contribution is 2.24. The van der Waals surface area contributed by atoms with Crippen molar-refractivity contribution in [2.45, 2.75) is 13.8 Å². The zero-order chi connectivity index (χ0) is 15.3. The molecule has 0 saturated heterocycles. The van der Waals surface area contributed by atoms with Crippen molar-refractivity contribution in [2.24, 2.45) is 5.92 Å². The highest BCUT2D eigenvalue weighted by Gasteiger charge is 2.21. The van der Waals surface area contributed by atoms with E-state index in [1.165, 1.54) is 11.9 Å². The van der Waals surface area contributed by atoms with Crippen LogP contribution in [0.15, 0.2) is 6.20 Å². The van der Waals surface area contributed by atoms with E-state index in [0.717, 1.165) is 6.20 Å². The van der Waals surface area contributed by atoms with Crippen LogP contribution in [0.3, 0.4) is 0 Å². The second-order valence-corrected chi connectivity index (χ2v) is 5.00. The number of nitro groups is 1. The first kappa shape index (κ1) is 16.1. The highest BCUT2D eigenvalue weighted by atomic mass is 35.5. The summed E-state index contributed by atoms with van der Waals surface area (Å²) < 4.78 is 0. The molecule has 1 rings (SSSR count). The summed E-state index contributed by atoms with van der Waals surface area (Å²) in [6, 6.07) is 0. The number of nitrogens with one attached hydrogen (secondary N) is 1. The van der Waals surface area contributed by atoms with Gasteiger partial charge in [-0.15, -0.1) is 0 Å². The van der Waals surface area contributed by atoms with Crippen LogP contribution in [0.25, 0.3) is 0 Å². The van der Waals surface area contributed by atoms with Gasteiger partial charge in [0, 0.05) is 13.6 Å². The molecule has 1 heterocycles. The van der Waals surface area contributed by atoms with Gasteiger partial charge >= 0.3 is 5.69 Å². The number of hydrogen-bond donors (Lipinski definition) is 1. The zero-order valence-electron chi connectivity index (χ0n) is 11.5. The Kier molecular flexibility index (Phi) is 5.63. The molecule has 1 N–H and O–H groups in total. The lowest BCUT2D eigenvalue weighted by Crippen LogP contribution is -2.37.